The van der Waals surface area contributed by atoms with E-state index in [0.717, 1.165) is 19.3 Å². The van der Waals surface area contributed by atoms with Gasteiger partial charge in [-0.2, -0.15) is 13.8 Å². The maximum Gasteiger partial charge on any atom is 0.252 e. The highest BCUT2D eigenvalue weighted by Crippen LogP contribution is 2.18. The molecule has 1 aromatic heterocycles. The Kier molecular flexibility index (Phi) is 4.55. The van der Waals surface area contributed by atoms with E-state index in [1.807, 2.05) is 18.2 Å². The van der Waals surface area contributed by atoms with Crippen LogP contribution in [0.4, 0.5) is 8.78 Å². The fourth-order valence-electron chi connectivity index (χ4n) is 1.89. The highest BCUT2D eigenvalue weighted by Gasteiger charge is 2.14. The van der Waals surface area contributed by atoms with Crippen LogP contribution < -0.4 is 0 Å². The number of halogens is 2. The zero-order chi connectivity index (χ0) is 13.7. The Morgan fingerprint density at radius 2 is 1.74 bits per heavy atom. The molecule has 4 heteroatoms. The van der Waals surface area contributed by atoms with Crippen LogP contribution >= 0.6 is 0 Å². The van der Waals surface area contributed by atoms with Crippen LogP contribution in [0.1, 0.15) is 31.9 Å². The van der Waals surface area contributed by atoms with Crippen LogP contribution in [-0.2, 0) is 6.42 Å². The molecular formula is C15H16F2N2. The van der Waals surface area contributed by atoms with Crippen LogP contribution in [-0.4, -0.2) is 9.97 Å². The Morgan fingerprint density at radius 1 is 1.00 bits per heavy atom. The molecule has 0 fully saturated rings. The summed E-state index contributed by atoms with van der Waals surface area (Å²) in [6, 6.07) is 9.05. The van der Waals surface area contributed by atoms with Gasteiger partial charge >= 0.3 is 0 Å². The first-order valence-corrected chi connectivity index (χ1v) is 6.49. The Morgan fingerprint density at radius 3 is 2.42 bits per heavy atom. The summed E-state index contributed by atoms with van der Waals surface area (Å²) < 4.78 is 27.1. The van der Waals surface area contributed by atoms with Crippen molar-refractivity contribution in [1.29, 1.82) is 0 Å². The Hall–Kier alpha value is -1.84. The van der Waals surface area contributed by atoms with Gasteiger partial charge in [-0.3, -0.25) is 0 Å². The number of aromatic nitrogens is 2. The number of nitrogens with zero attached hydrogens (tertiary/aromatic N) is 2. The fraction of sp³-hybridized carbons (Fsp3) is 0.333. The first-order valence-electron chi connectivity index (χ1n) is 6.49. The minimum Gasteiger partial charge on any atom is -0.230 e. The van der Waals surface area contributed by atoms with Crippen molar-refractivity contribution in [1.82, 2.24) is 9.97 Å². The van der Waals surface area contributed by atoms with Gasteiger partial charge in [-0.25, -0.2) is 4.98 Å². The third kappa shape index (κ3) is 3.34. The van der Waals surface area contributed by atoms with E-state index in [4.69, 9.17) is 0 Å². The Bertz CT molecular complexity index is 541. The maximum atomic E-state index is 13.6. The number of hydrogen-bond acceptors (Lipinski definition) is 2. The lowest BCUT2D eigenvalue weighted by Gasteiger charge is -2.06. The first kappa shape index (κ1) is 13.6. The quantitative estimate of drug-likeness (QED) is 0.597. The van der Waals surface area contributed by atoms with Gasteiger partial charge in [0, 0.05) is 5.56 Å². The topological polar surface area (TPSA) is 25.8 Å². The van der Waals surface area contributed by atoms with Crippen molar-refractivity contribution in [3.8, 4) is 11.4 Å². The molecule has 1 heterocycles. The predicted molar refractivity (Wildman–Crippen MR) is 70.6 cm³/mol. The van der Waals surface area contributed by atoms with Gasteiger partial charge in [0.2, 0.25) is 0 Å². The van der Waals surface area contributed by atoms with Crippen molar-refractivity contribution < 1.29 is 8.78 Å². The van der Waals surface area contributed by atoms with Crippen LogP contribution in [0.15, 0.2) is 30.3 Å². The first-order chi connectivity index (χ1) is 9.22. The molecule has 0 aliphatic carbocycles. The smallest absolute Gasteiger partial charge is 0.230 e. The van der Waals surface area contributed by atoms with Crippen LogP contribution in [0, 0.1) is 11.8 Å². The Balaban J connectivity index is 2.31. The second kappa shape index (κ2) is 6.36. The molecule has 0 N–H and O–H groups in total. The second-order valence-corrected chi connectivity index (χ2v) is 4.42. The summed E-state index contributed by atoms with van der Waals surface area (Å²) in [5, 5.41) is 0. The zero-order valence-electron chi connectivity index (χ0n) is 10.9. The maximum absolute atomic E-state index is 13.6. The van der Waals surface area contributed by atoms with Crippen molar-refractivity contribution in [3.05, 3.63) is 47.8 Å². The lowest BCUT2D eigenvalue weighted by Crippen LogP contribution is -2.04. The molecule has 0 aliphatic rings. The molecule has 2 nitrogen and oxygen atoms in total. The van der Waals surface area contributed by atoms with Gasteiger partial charge in [-0.05, 0) is 12.8 Å². The van der Waals surface area contributed by atoms with Crippen molar-refractivity contribution >= 4 is 0 Å². The number of hydrogen-bond donors (Lipinski definition) is 0. The van der Waals surface area contributed by atoms with E-state index in [2.05, 4.69) is 16.9 Å². The molecule has 1 aromatic carbocycles. The highest BCUT2D eigenvalue weighted by molar-refractivity contribution is 5.54. The molecule has 0 unspecified atom stereocenters. The summed E-state index contributed by atoms with van der Waals surface area (Å²) in [6.45, 7) is 2.06. The third-order valence-electron chi connectivity index (χ3n) is 2.93. The molecule has 100 valence electrons. The minimum atomic E-state index is -1.07. The summed E-state index contributed by atoms with van der Waals surface area (Å²) in [6.07, 6.45) is 3.25. The summed E-state index contributed by atoms with van der Waals surface area (Å²) >= 11 is 0. The molecule has 19 heavy (non-hydrogen) atoms. The van der Waals surface area contributed by atoms with Crippen molar-refractivity contribution in [3.63, 3.8) is 0 Å². The van der Waals surface area contributed by atoms with E-state index in [1.165, 1.54) is 0 Å². The lowest BCUT2D eigenvalue weighted by atomic mass is 10.1. The van der Waals surface area contributed by atoms with Crippen LogP contribution in [0.5, 0.6) is 0 Å². The van der Waals surface area contributed by atoms with E-state index in [0.29, 0.717) is 12.0 Å². The van der Waals surface area contributed by atoms with Crippen molar-refractivity contribution in [2.75, 3.05) is 0 Å². The van der Waals surface area contributed by atoms with E-state index in [1.54, 1.807) is 12.1 Å². The van der Waals surface area contributed by atoms with E-state index < -0.39 is 11.8 Å². The van der Waals surface area contributed by atoms with Gasteiger partial charge in [-0.15, -0.1) is 0 Å². The van der Waals surface area contributed by atoms with Crippen LogP contribution in [0.25, 0.3) is 11.4 Å². The van der Waals surface area contributed by atoms with E-state index in [9.17, 15) is 8.78 Å². The lowest BCUT2D eigenvalue weighted by molar-refractivity contribution is 0.461. The normalized spacial score (nSPS) is 10.7. The number of unbranched alkanes of at least 4 members (excludes halogenated alkanes) is 2. The van der Waals surface area contributed by atoms with Crippen molar-refractivity contribution in [2.45, 2.75) is 32.6 Å². The van der Waals surface area contributed by atoms with Crippen molar-refractivity contribution in [2.24, 2.45) is 0 Å². The van der Waals surface area contributed by atoms with Gasteiger partial charge in [0.05, 0.1) is 5.69 Å². The molecule has 0 spiro atoms. The molecule has 2 aromatic rings. The number of rotatable bonds is 5. The highest BCUT2D eigenvalue weighted by atomic mass is 19.2. The van der Waals surface area contributed by atoms with Gasteiger partial charge in [0.15, 0.2) is 11.6 Å². The monoisotopic (exact) mass is 262 g/mol. The average molecular weight is 262 g/mol. The number of benzene rings is 1. The summed E-state index contributed by atoms with van der Waals surface area (Å²) in [5.41, 5.74) is 0.859. The molecule has 0 bridgehead atoms. The minimum absolute atomic E-state index is 0.166. The van der Waals surface area contributed by atoms with Crippen LogP contribution in [0.3, 0.4) is 0 Å². The second-order valence-electron chi connectivity index (χ2n) is 4.42. The summed E-state index contributed by atoms with van der Waals surface area (Å²) in [7, 11) is 0. The van der Waals surface area contributed by atoms with Crippen LogP contribution in [0.2, 0.25) is 0 Å². The average Bonchev–Trinajstić information content (AvgIpc) is 2.44. The molecule has 0 saturated carbocycles. The Labute approximate surface area is 111 Å². The van der Waals surface area contributed by atoms with Gasteiger partial charge in [-0.1, -0.05) is 50.1 Å². The fourth-order valence-corrected chi connectivity index (χ4v) is 1.89. The zero-order valence-corrected chi connectivity index (χ0v) is 10.9. The summed E-state index contributed by atoms with van der Waals surface area (Å²) in [4.78, 5) is 7.73. The third-order valence-corrected chi connectivity index (χ3v) is 2.93. The van der Waals surface area contributed by atoms with Gasteiger partial charge < -0.3 is 0 Å². The predicted octanol–water partition coefficient (Wildman–Crippen LogP) is 4.15. The van der Waals surface area contributed by atoms with E-state index in [-0.39, 0.29) is 11.5 Å². The largest absolute Gasteiger partial charge is 0.252 e. The summed E-state index contributed by atoms with van der Waals surface area (Å²) in [5.74, 6) is -1.75. The molecule has 0 atom stereocenters. The van der Waals surface area contributed by atoms with Gasteiger partial charge in [0.1, 0.15) is 0 Å². The molecule has 0 radical (unpaired) electrons. The molecule has 0 saturated heterocycles. The molecule has 0 amide bonds. The number of aryl methyl sites for hydroxylation is 1. The standard InChI is InChI=1S/C15H16F2N2/c1-2-3-5-10-12-13(16)14(17)19-15(18-12)11-8-6-4-7-9-11/h4,6-9H,2-3,5,10H2,1H3. The van der Waals surface area contributed by atoms with E-state index >= 15 is 0 Å². The van der Waals surface area contributed by atoms with Gasteiger partial charge in [0.25, 0.3) is 5.95 Å². The molecule has 2 rings (SSSR count). The molecular weight excluding hydrogens is 246 g/mol. The SMILES string of the molecule is CCCCCc1nc(-c2ccccc2)nc(F)c1F. The molecule has 0 aliphatic heterocycles.